The highest BCUT2D eigenvalue weighted by Crippen LogP contribution is 2.49. The number of rotatable bonds is 2. The number of amides is 1. The van der Waals surface area contributed by atoms with E-state index in [4.69, 9.17) is 9.47 Å². The van der Waals surface area contributed by atoms with Gasteiger partial charge in [-0.15, -0.1) is 0 Å². The first kappa shape index (κ1) is 15.5. The number of carbonyl (C=O) groups is 1. The lowest BCUT2D eigenvalue weighted by molar-refractivity contribution is -0.134. The Hall–Kier alpha value is -1.75. The summed E-state index contributed by atoms with van der Waals surface area (Å²) < 4.78 is 11.2. The van der Waals surface area contributed by atoms with Crippen molar-refractivity contribution in [1.29, 1.82) is 0 Å². The van der Waals surface area contributed by atoms with E-state index in [1.54, 1.807) is 0 Å². The number of carbonyl (C=O) groups excluding carboxylic acids is 1. The Morgan fingerprint density at radius 1 is 1.04 bits per heavy atom. The van der Waals surface area contributed by atoms with Crippen LogP contribution >= 0.6 is 0 Å². The number of likely N-dealkylation sites (tertiary alicyclic amines) is 2. The van der Waals surface area contributed by atoms with Crippen molar-refractivity contribution in [2.45, 2.75) is 44.6 Å². The number of hydrogen-bond acceptors (Lipinski definition) is 4. The molecule has 1 aliphatic carbocycles. The Bertz CT molecular complexity index is 684. The molecule has 5 nitrogen and oxygen atoms in total. The minimum absolute atomic E-state index is 0.314. The van der Waals surface area contributed by atoms with Crippen LogP contribution in [0.3, 0.4) is 0 Å². The van der Waals surface area contributed by atoms with Gasteiger partial charge in [0.1, 0.15) is 0 Å². The predicted molar refractivity (Wildman–Crippen MR) is 93.7 cm³/mol. The smallest absolute Gasteiger partial charge is 0.236 e. The molecule has 1 aromatic rings. The summed E-state index contributed by atoms with van der Waals surface area (Å²) in [6.45, 7) is 3.79. The van der Waals surface area contributed by atoms with Gasteiger partial charge in [0.15, 0.2) is 11.5 Å². The Morgan fingerprint density at radius 2 is 1.84 bits per heavy atom. The fourth-order valence-electron chi connectivity index (χ4n) is 5.14. The summed E-state index contributed by atoms with van der Waals surface area (Å²) in [5.74, 6) is 2.69. The highest BCUT2D eigenvalue weighted by atomic mass is 16.7. The quantitative estimate of drug-likeness (QED) is 0.829. The van der Waals surface area contributed by atoms with Crippen molar-refractivity contribution in [3.63, 3.8) is 0 Å². The maximum Gasteiger partial charge on any atom is 0.236 e. The molecule has 3 aliphatic heterocycles. The van der Waals surface area contributed by atoms with Gasteiger partial charge in [0.05, 0.1) is 6.54 Å². The summed E-state index contributed by atoms with van der Waals surface area (Å²) in [5.41, 5.74) is 2.75. The largest absolute Gasteiger partial charge is 0.454 e. The molecule has 0 saturated carbocycles. The molecule has 0 aromatic heterocycles. The number of benzene rings is 1. The Labute approximate surface area is 148 Å². The topological polar surface area (TPSA) is 42.0 Å². The van der Waals surface area contributed by atoms with Gasteiger partial charge in [-0.3, -0.25) is 9.69 Å². The van der Waals surface area contributed by atoms with Gasteiger partial charge in [0.2, 0.25) is 12.7 Å². The summed E-state index contributed by atoms with van der Waals surface area (Å²) >= 11 is 0. The lowest BCUT2D eigenvalue weighted by Crippen LogP contribution is -2.46. The van der Waals surface area contributed by atoms with Crippen LogP contribution in [0.5, 0.6) is 11.5 Å². The normalized spacial score (nSPS) is 27.9. The van der Waals surface area contributed by atoms with Gasteiger partial charge >= 0.3 is 0 Å². The van der Waals surface area contributed by atoms with Crippen LogP contribution in [0.4, 0.5) is 0 Å². The molecule has 5 heteroatoms. The van der Waals surface area contributed by atoms with E-state index in [1.165, 1.54) is 30.4 Å². The molecule has 134 valence electrons. The predicted octanol–water partition coefficient (Wildman–Crippen LogP) is 2.74. The van der Waals surface area contributed by atoms with E-state index in [2.05, 4.69) is 21.9 Å². The lowest BCUT2D eigenvalue weighted by atomic mass is 9.89. The van der Waals surface area contributed by atoms with Gasteiger partial charge in [-0.1, -0.05) is 0 Å². The first-order valence-electron chi connectivity index (χ1n) is 9.74. The van der Waals surface area contributed by atoms with Crippen LogP contribution in [-0.2, 0) is 11.2 Å². The van der Waals surface area contributed by atoms with Gasteiger partial charge in [0, 0.05) is 19.1 Å². The minimum atomic E-state index is 0.314. The van der Waals surface area contributed by atoms with E-state index in [9.17, 15) is 4.79 Å². The van der Waals surface area contributed by atoms with Gasteiger partial charge in [-0.05, 0) is 74.2 Å². The maximum absolute atomic E-state index is 12.8. The molecule has 2 saturated heterocycles. The second-order valence-electron chi connectivity index (χ2n) is 7.87. The maximum atomic E-state index is 12.8. The van der Waals surface area contributed by atoms with E-state index in [0.717, 1.165) is 50.4 Å². The standard InChI is InChI=1S/C20H26N2O3/c23-19(21-6-2-1-3-7-21)12-22-8-4-5-14-9-15-10-17-18(25-13-24-17)11-16(15)20(14)22/h10-11,14,20H,1-9,12-13H2/t14-,20+/m1/s1. The van der Waals surface area contributed by atoms with Crippen molar-refractivity contribution in [3.05, 3.63) is 23.3 Å². The van der Waals surface area contributed by atoms with Crippen molar-refractivity contribution in [3.8, 4) is 11.5 Å². The third-order valence-corrected chi connectivity index (χ3v) is 6.34. The summed E-state index contributed by atoms with van der Waals surface area (Å²) in [6.07, 6.45) is 7.12. The summed E-state index contributed by atoms with van der Waals surface area (Å²) in [7, 11) is 0. The van der Waals surface area contributed by atoms with Gasteiger partial charge < -0.3 is 14.4 Å². The first-order valence-corrected chi connectivity index (χ1v) is 9.74. The number of nitrogens with zero attached hydrogens (tertiary/aromatic N) is 2. The van der Waals surface area contributed by atoms with Gasteiger partial charge in [0.25, 0.3) is 0 Å². The van der Waals surface area contributed by atoms with Crippen molar-refractivity contribution >= 4 is 5.91 Å². The van der Waals surface area contributed by atoms with Crippen LogP contribution in [0.15, 0.2) is 12.1 Å². The number of piperidine rings is 2. The molecule has 5 rings (SSSR count). The van der Waals surface area contributed by atoms with Gasteiger partial charge in [-0.25, -0.2) is 0 Å². The fraction of sp³-hybridized carbons (Fsp3) is 0.650. The third-order valence-electron chi connectivity index (χ3n) is 6.34. The summed E-state index contributed by atoms with van der Waals surface area (Å²) in [5, 5.41) is 0. The summed E-state index contributed by atoms with van der Waals surface area (Å²) in [4.78, 5) is 17.3. The SMILES string of the molecule is O=C(CN1CCC[C@@H]2Cc3cc4c(cc3[C@H]21)OCO4)N1CCCCC1. The van der Waals surface area contributed by atoms with Crippen LogP contribution in [0, 0.1) is 5.92 Å². The van der Waals surface area contributed by atoms with Crippen LogP contribution in [0.25, 0.3) is 0 Å². The third kappa shape index (κ3) is 2.69. The second kappa shape index (κ2) is 6.20. The monoisotopic (exact) mass is 342 g/mol. The van der Waals surface area contributed by atoms with Gasteiger partial charge in [-0.2, -0.15) is 0 Å². The molecular weight excluding hydrogens is 316 g/mol. The zero-order valence-corrected chi connectivity index (χ0v) is 14.7. The molecule has 2 atom stereocenters. The molecule has 1 aromatic carbocycles. The minimum Gasteiger partial charge on any atom is -0.454 e. The molecule has 0 unspecified atom stereocenters. The molecule has 2 fully saturated rings. The molecule has 0 spiro atoms. The average Bonchev–Trinajstić information content (AvgIpc) is 3.24. The highest BCUT2D eigenvalue weighted by Gasteiger charge is 2.41. The van der Waals surface area contributed by atoms with Crippen LogP contribution in [0.2, 0.25) is 0 Å². The molecule has 3 heterocycles. The number of ether oxygens (including phenoxy) is 2. The zero-order valence-electron chi connectivity index (χ0n) is 14.7. The molecule has 25 heavy (non-hydrogen) atoms. The van der Waals surface area contributed by atoms with E-state index in [-0.39, 0.29) is 0 Å². The first-order chi connectivity index (χ1) is 12.3. The number of hydrogen-bond donors (Lipinski definition) is 0. The van der Waals surface area contributed by atoms with E-state index >= 15 is 0 Å². The average molecular weight is 342 g/mol. The van der Waals surface area contributed by atoms with Crippen molar-refractivity contribution in [2.75, 3.05) is 33.0 Å². The fourth-order valence-corrected chi connectivity index (χ4v) is 5.14. The zero-order chi connectivity index (χ0) is 16.8. The van der Waals surface area contributed by atoms with E-state index in [1.807, 2.05) is 0 Å². The van der Waals surface area contributed by atoms with Crippen LogP contribution in [-0.4, -0.2) is 48.7 Å². The molecule has 4 aliphatic rings. The van der Waals surface area contributed by atoms with Crippen molar-refractivity contribution < 1.29 is 14.3 Å². The second-order valence-corrected chi connectivity index (χ2v) is 7.87. The van der Waals surface area contributed by atoms with Crippen LogP contribution in [0.1, 0.15) is 49.3 Å². The highest BCUT2D eigenvalue weighted by molar-refractivity contribution is 5.78. The van der Waals surface area contributed by atoms with E-state index in [0.29, 0.717) is 31.2 Å². The van der Waals surface area contributed by atoms with Crippen molar-refractivity contribution in [1.82, 2.24) is 9.80 Å². The lowest BCUT2D eigenvalue weighted by Gasteiger charge is -2.39. The molecular formula is C20H26N2O3. The Morgan fingerprint density at radius 3 is 2.68 bits per heavy atom. The Kier molecular flexibility index (Phi) is 3.85. The summed E-state index contributed by atoms with van der Waals surface area (Å²) in [6, 6.07) is 4.71. The molecule has 0 bridgehead atoms. The Balaban J connectivity index is 1.38. The van der Waals surface area contributed by atoms with E-state index < -0.39 is 0 Å². The number of fused-ring (bicyclic) bond motifs is 4. The van der Waals surface area contributed by atoms with Crippen molar-refractivity contribution in [2.24, 2.45) is 5.92 Å². The molecule has 1 amide bonds. The molecule has 0 radical (unpaired) electrons. The van der Waals surface area contributed by atoms with Crippen LogP contribution < -0.4 is 9.47 Å². The molecule has 0 N–H and O–H groups in total.